The summed E-state index contributed by atoms with van der Waals surface area (Å²) in [6, 6.07) is 5.65. The van der Waals surface area contributed by atoms with Gasteiger partial charge in [0, 0.05) is 41.9 Å². The Hall–Kier alpha value is -1.49. The number of nitro groups is 1. The fourth-order valence-corrected chi connectivity index (χ4v) is 4.66. The lowest BCUT2D eigenvalue weighted by atomic mass is 10.4. The summed E-state index contributed by atoms with van der Waals surface area (Å²) in [4.78, 5) is 14.6. The summed E-state index contributed by atoms with van der Waals surface area (Å²) < 4.78 is 4.27. The van der Waals surface area contributed by atoms with Crippen molar-refractivity contribution in [2.24, 2.45) is 0 Å². The van der Waals surface area contributed by atoms with Crippen LogP contribution in [0, 0.1) is 10.1 Å². The van der Waals surface area contributed by atoms with Crippen molar-refractivity contribution < 1.29 is 4.92 Å². The summed E-state index contributed by atoms with van der Waals surface area (Å²) in [6.45, 7) is 1.29. The Bertz CT molecular complexity index is 746. The Labute approximate surface area is 182 Å². The van der Waals surface area contributed by atoms with Gasteiger partial charge in [0.05, 0.1) is 21.3 Å². The number of hydrogen-bond acceptors (Lipinski definition) is 9. The average molecular weight is 460 g/mol. The fourth-order valence-electron chi connectivity index (χ4n) is 2.10. The quantitative estimate of drug-likeness (QED) is 0.249. The monoisotopic (exact) mass is 459 g/mol. The van der Waals surface area contributed by atoms with Crippen LogP contribution < -0.4 is 10.6 Å². The maximum absolute atomic E-state index is 10.8. The van der Waals surface area contributed by atoms with E-state index in [-0.39, 0.29) is 0 Å². The zero-order chi connectivity index (χ0) is 20.0. The Morgan fingerprint density at radius 3 is 2.82 bits per heavy atom. The van der Waals surface area contributed by atoms with Gasteiger partial charge >= 0.3 is 0 Å². The third-order valence-corrected chi connectivity index (χ3v) is 6.38. The number of nitrogens with one attached hydrogen (secondary N) is 2. The lowest BCUT2D eigenvalue weighted by molar-refractivity contribution is -0.404. The van der Waals surface area contributed by atoms with Crippen molar-refractivity contribution in [2.75, 3.05) is 24.6 Å². The minimum Gasteiger partial charge on any atom is -0.367 e. The second-order valence-electron chi connectivity index (χ2n) is 5.56. The van der Waals surface area contributed by atoms with Crippen LogP contribution in [0.25, 0.3) is 0 Å². The first kappa shape index (κ1) is 22.8. The van der Waals surface area contributed by atoms with Gasteiger partial charge in [-0.3, -0.25) is 15.1 Å². The van der Waals surface area contributed by atoms with Crippen molar-refractivity contribution in [1.82, 2.24) is 20.0 Å². The number of nitrogens with zero attached hydrogens (tertiary/aromatic N) is 3. The SMILES string of the molecule is O=[N+]([O-])C=C(NCCCSCc1ccsn1)NCCSCc1ncccc1Cl. The third-order valence-electron chi connectivity index (χ3n) is 3.39. The molecule has 0 bridgehead atoms. The van der Waals surface area contributed by atoms with E-state index in [9.17, 15) is 10.1 Å². The standard InChI is InChI=1S/C17H22ClN5O2S3/c18-15-3-1-5-19-16(15)13-27-10-7-21-17(11-23(24)25)20-6-2-8-26-12-14-4-9-28-22-14/h1,3-5,9,11,20-21H,2,6-8,10,12-13H2. The molecule has 0 saturated heterocycles. The van der Waals surface area contributed by atoms with Crippen molar-refractivity contribution >= 4 is 46.7 Å². The van der Waals surface area contributed by atoms with Gasteiger partial charge in [-0.05, 0) is 41.9 Å². The molecule has 2 N–H and O–H groups in total. The normalized spacial score (nSPS) is 11.4. The van der Waals surface area contributed by atoms with Gasteiger partial charge in [0.1, 0.15) is 0 Å². The molecule has 0 amide bonds. The largest absolute Gasteiger partial charge is 0.367 e. The lowest BCUT2D eigenvalue weighted by Gasteiger charge is -2.11. The van der Waals surface area contributed by atoms with E-state index in [4.69, 9.17) is 11.6 Å². The molecule has 0 unspecified atom stereocenters. The number of pyridine rings is 1. The minimum absolute atomic E-state index is 0.436. The molecule has 0 aliphatic rings. The van der Waals surface area contributed by atoms with Crippen LogP contribution in [0.2, 0.25) is 5.02 Å². The van der Waals surface area contributed by atoms with Crippen LogP contribution in [0.4, 0.5) is 0 Å². The van der Waals surface area contributed by atoms with Gasteiger partial charge in [-0.2, -0.15) is 27.9 Å². The Morgan fingerprint density at radius 2 is 2.07 bits per heavy atom. The zero-order valence-electron chi connectivity index (χ0n) is 15.2. The van der Waals surface area contributed by atoms with E-state index in [1.165, 1.54) is 11.5 Å². The van der Waals surface area contributed by atoms with Gasteiger partial charge in [-0.15, -0.1) is 0 Å². The molecule has 0 radical (unpaired) electrons. The van der Waals surface area contributed by atoms with E-state index in [2.05, 4.69) is 20.0 Å². The molecule has 2 aromatic rings. The predicted molar refractivity (Wildman–Crippen MR) is 119 cm³/mol. The minimum atomic E-state index is -0.451. The fraction of sp³-hybridized carbons (Fsp3) is 0.412. The summed E-state index contributed by atoms with van der Waals surface area (Å²) in [5, 5.41) is 19.6. The molecule has 2 rings (SSSR count). The van der Waals surface area contributed by atoms with Crippen LogP contribution in [0.3, 0.4) is 0 Å². The van der Waals surface area contributed by atoms with Crippen molar-refractivity contribution in [2.45, 2.75) is 17.9 Å². The van der Waals surface area contributed by atoms with Crippen LogP contribution in [0.1, 0.15) is 17.8 Å². The highest BCUT2D eigenvalue weighted by atomic mass is 35.5. The number of thioether (sulfide) groups is 2. The Balaban J connectivity index is 1.59. The van der Waals surface area contributed by atoms with E-state index < -0.39 is 4.92 Å². The second-order valence-corrected chi connectivity index (χ2v) is 8.85. The summed E-state index contributed by atoms with van der Waals surface area (Å²) in [5.74, 6) is 3.80. The molecule has 7 nitrogen and oxygen atoms in total. The number of aromatic nitrogens is 2. The Kier molecular flexibility index (Phi) is 11.1. The van der Waals surface area contributed by atoms with Gasteiger partial charge < -0.3 is 10.6 Å². The first-order valence-corrected chi connectivity index (χ1v) is 12.1. The average Bonchev–Trinajstić information content (AvgIpc) is 3.18. The van der Waals surface area contributed by atoms with Gasteiger partial charge in [0.2, 0.25) is 0 Å². The van der Waals surface area contributed by atoms with Crippen molar-refractivity contribution in [3.8, 4) is 0 Å². The number of halogens is 1. The first-order valence-electron chi connectivity index (χ1n) is 8.62. The maximum Gasteiger partial charge on any atom is 0.274 e. The highest BCUT2D eigenvalue weighted by molar-refractivity contribution is 7.98. The summed E-state index contributed by atoms with van der Waals surface area (Å²) >= 11 is 11.0. The van der Waals surface area contributed by atoms with Crippen molar-refractivity contribution in [3.63, 3.8) is 0 Å². The molecule has 28 heavy (non-hydrogen) atoms. The summed E-state index contributed by atoms with van der Waals surface area (Å²) in [6.07, 6.45) is 3.61. The van der Waals surface area contributed by atoms with E-state index in [0.717, 1.165) is 41.3 Å². The lowest BCUT2D eigenvalue weighted by Crippen LogP contribution is -2.29. The van der Waals surface area contributed by atoms with E-state index >= 15 is 0 Å². The van der Waals surface area contributed by atoms with E-state index in [1.54, 1.807) is 24.0 Å². The van der Waals surface area contributed by atoms with E-state index in [0.29, 0.717) is 29.7 Å². The Morgan fingerprint density at radius 1 is 1.25 bits per heavy atom. The molecule has 0 aromatic carbocycles. The molecule has 11 heteroatoms. The molecular formula is C17H22ClN5O2S3. The van der Waals surface area contributed by atoms with Gasteiger partial charge in [0.15, 0.2) is 5.82 Å². The third kappa shape index (κ3) is 9.63. The van der Waals surface area contributed by atoms with Gasteiger partial charge in [-0.25, -0.2) is 0 Å². The highest BCUT2D eigenvalue weighted by Gasteiger charge is 2.04. The van der Waals surface area contributed by atoms with Gasteiger partial charge in [-0.1, -0.05) is 11.6 Å². The topological polar surface area (TPSA) is 93.0 Å². The highest BCUT2D eigenvalue weighted by Crippen LogP contribution is 2.18. The van der Waals surface area contributed by atoms with Crippen molar-refractivity contribution in [3.05, 3.63) is 68.3 Å². The second kappa shape index (κ2) is 13.6. The molecular weight excluding hydrogens is 438 g/mol. The molecule has 0 atom stereocenters. The number of hydrogen-bond donors (Lipinski definition) is 2. The van der Waals surface area contributed by atoms with Crippen LogP contribution >= 0.6 is 46.7 Å². The van der Waals surface area contributed by atoms with Crippen LogP contribution in [-0.2, 0) is 11.5 Å². The van der Waals surface area contributed by atoms with Gasteiger partial charge in [0.25, 0.3) is 6.20 Å². The molecule has 0 saturated carbocycles. The molecule has 0 aliphatic carbocycles. The molecule has 0 fully saturated rings. The smallest absolute Gasteiger partial charge is 0.274 e. The molecule has 2 heterocycles. The molecule has 2 aromatic heterocycles. The van der Waals surface area contributed by atoms with Crippen LogP contribution in [0.15, 0.2) is 41.8 Å². The van der Waals surface area contributed by atoms with E-state index in [1.807, 2.05) is 29.3 Å². The first-order chi connectivity index (χ1) is 13.6. The molecule has 152 valence electrons. The molecule has 0 spiro atoms. The zero-order valence-corrected chi connectivity index (χ0v) is 18.4. The number of rotatable bonds is 14. The maximum atomic E-state index is 10.8. The van der Waals surface area contributed by atoms with Crippen LogP contribution in [0.5, 0.6) is 0 Å². The van der Waals surface area contributed by atoms with Crippen LogP contribution in [-0.4, -0.2) is 38.9 Å². The van der Waals surface area contributed by atoms with Crippen molar-refractivity contribution in [1.29, 1.82) is 0 Å². The summed E-state index contributed by atoms with van der Waals surface area (Å²) in [5.41, 5.74) is 1.95. The summed E-state index contributed by atoms with van der Waals surface area (Å²) in [7, 11) is 0. The molecule has 0 aliphatic heterocycles. The predicted octanol–water partition coefficient (Wildman–Crippen LogP) is 4.00.